The molecule has 3 aromatic rings. The highest BCUT2D eigenvalue weighted by Crippen LogP contribution is 2.28. The fraction of sp³-hybridized carbons (Fsp3) is 0.348. The highest BCUT2D eigenvalue weighted by molar-refractivity contribution is 5.97. The zero-order chi connectivity index (χ0) is 21.8. The van der Waals surface area contributed by atoms with Crippen molar-refractivity contribution in [1.29, 1.82) is 0 Å². The van der Waals surface area contributed by atoms with Crippen molar-refractivity contribution in [3.05, 3.63) is 59.7 Å². The molecular formula is C23H24FN3O4. The predicted octanol–water partition coefficient (Wildman–Crippen LogP) is 3.99. The van der Waals surface area contributed by atoms with Crippen molar-refractivity contribution in [3.8, 4) is 22.9 Å². The Morgan fingerprint density at radius 1 is 1.13 bits per heavy atom. The van der Waals surface area contributed by atoms with E-state index in [1.807, 2.05) is 4.90 Å². The van der Waals surface area contributed by atoms with E-state index in [0.717, 1.165) is 12.8 Å². The minimum atomic E-state index is -0.305. The average molecular weight is 425 g/mol. The molecule has 162 valence electrons. The maximum atomic E-state index is 13.1. The number of likely N-dealkylation sites (tertiary alicyclic amines) is 1. The third-order valence-electron chi connectivity index (χ3n) is 5.57. The minimum Gasteiger partial charge on any atom is -0.497 e. The van der Waals surface area contributed by atoms with Crippen LogP contribution in [0.15, 0.2) is 47.0 Å². The van der Waals surface area contributed by atoms with Crippen molar-refractivity contribution in [3.63, 3.8) is 0 Å². The fourth-order valence-electron chi connectivity index (χ4n) is 3.79. The van der Waals surface area contributed by atoms with Crippen LogP contribution in [-0.4, -0.2) is 48.3 Å². The molecule has 0 bridgehead atoms. The first-order valence-electron chi connectivity index (χ1n) is 10.2. The lowest BCUT2D eigenvalue weighted by Crippen LogP contribution is -2.39. The molecule has 1 amide bonds. The molecule has 2 aromatic carbocycles. The van der Waals surface area contributed by atoms with E-state index in [9.17, 15) is 9.18 Å². The summed E-state index contributed by atoms with van der Waals surface area (Å²) in [6, 6.07) is 11.2. The summed E-state index contributed by atoms with van der Waals surface area (Å²) in [7, 11) is 3.12. The number of piperidine rings is 1. The number of methoxy groups -OCH3 is 2. The zero-order valence-electron chi connectivity index (χ0n) is 17.5. The van der Waals surface area contributed by atoms with Gasteiger partial charge >= 0.3 is 0 Å². The molecule has 1 aliphatic rings. The van der Waals surface area contributed by atoms with Crippen LogP contribution in [-0.2, 0) is 6.42 Å². The number of amides is 1. The van der Waals surface area contributed by atoms with E-state index in [1.165, 1.54) is 12.1 Å². The molecular weight excluding hydrogens is 401 g/mol. The van der Waals surface area contributed by atoms with E-state index in [0.29, 0.717) is 59.8 Å². The minimum absolute atomic E-state index is 0.0469. The van der Waals surface area contributed by atoms with Crippen molar-refractivity contribution in [2.75, 3.05) is 27.3 Å². The molecule has 31 heavy (non-hydrogen) atoms. The molecule has 0 N–H and O–H groups in total. The second-order valence-corrected chi connectivity index (χ2v) is 7.52. The first kappa shape index (κ1) is 20.8. The van der Waals surface area contributed by atoms with E-state index in [2.05, 4.69) is 10.1 Å². The Kier molecular flexibility index (Phi) is 6.16. The number of hydrogen-bond donors (Lipinski definition) is 0. The van der Waals surface area contributed by atoms with Crippen LogP contribution in [0.25, 0.3) is 11.4 Å². The lowest BCUT2D eigenvalue weighted by atomic mass is 9.93. The summed E-state index contributed by atoms with van der Waals surface area (Å²) in [5.74, 6) is 2.16. The number of aromatic nitrogens is 2. The molecule has 1 saturated heterocycles. The number of hydrogen-bond acceptors (Lipinski definition) is 6. The summed E-state index contributed by atoms with van der Waals surface area (Å²) in [5.41, 5.74) is 1.24. The van der Waals surface area contributed by atoms with E-state index in [1.54, 1.807) is 44.6 Å². The van der Waals surface area contributed by atoms with Gasteiger partial charge in [-0.15, -0.1) is 0 Å². The number of rotatable bonds is 6. The Hall–Kier alpha value is -3.42. The Labute approximate surface area is 179 Å². The van der Waals surface area contributed by atoms with Crippen LogP contribution in [0.4, 0.5) is 4.39 Å². The van der Waals surface area contributed by atoms with Gasteiger partial charge in [-0.3, -0.25) is 4.79 Å². The molecule has 0 saturated carbocycles. The zero-order valence-corrected chi connectivity index (χ0v) is 17.5. The first-order chi connectivity index (χ1) is 15.1. The molecule has 1 fully saturated rings. The average Bonchev–Trinajstić information content (AvgIpc) is 3.27. The number of nitrogens with zero attached hydrogens (tertiary/aromatic N) is 3. The second kappa shape index (κ2) is 9.16. The number of benzene rings is 2. The van der Waals surface area contributed by atoms with Crippen molar-refractivity contribution < 1.29 is 23.2 Å². The van der Waals surface area contributed by atoms with Gasteiger partial charge in [0, 0.05) is 31.1 Å². The molecule has 7 nitrogen and oxygen atoms in total. The van der Waals surface area contributed by atoms with Crippen LogP contribution in [0.1, 0.15) is 29.1 Å². The summed E-state index contributed by atoms with van der Waals surface area (Å²) < 4.78 is 29.0. The van der Waals surface area contributed by atoms with Crippen molar-refractivity contribution in [2.24, 2.45) is 5.92 Å². The van der Waals surface area contributed by atoms with Crippen LogP contribution in [0, 0.1) is 11.7 Å². The highest BCUT2D eigenvalue weighted by atomic mass is 19.1. The van der Waals surface area contributed by atoms with Crippen LogP contribution in [0.2, 0.25) is 0 Å². The van der Waals surface area contributed by atoms with Gasteiger partial charge < -0.3 is 18.9 Å². The lowest BCUT2D eigenvalue weighted by molar-refractivity contribution is 0.0684. The molecule has 8 heteroatoms. The van der Waals surface area contributed by atoms with Crippen LogP contribution >= 0.6 is 0 Å². The number of carbonyl (C=O) groups is 1. The quantitative estimate of drug-likeness (QED) is 0.594. The molecule has 0 spiro atoms. The van der Waals surface area contributed by atoms with Gasteiger partial charge in [-0.25, -0.2) is 4.39 Å². The van der Waals surface area contributed by atoms with Gasteiger partial charge in [-0.05, 0) is 55.2 Å². The largest absolute Gasteiger partial charge is 0.497 e. The van der Waals surface area contributed by atoms with Gasteiger partial charge in [0.25, 0.3) is 5.91 Å². The third kappa shape index (κ3) is 4.68. The van der Waals surface area contributed by atoms with Crippen molar-refractivity contribution in [1.82, 2.24) is 15.0 Å². The molecule has 0 atom stereocenters. The van der Waals surface area contributed by atoms with E-state index < -0.39 is 0 Å². The SMILES string of the molecule is COc1ccc(C(=O)N2CCC(Cc3nc(-c4ccc(F)cc4)no3)CC2)c(OC)c1. The summed E-state index contributed by atoms with van der Waals surface area (Å²) in [6.07, 6.45) is 2.35. The van der Waals surface area contributed by atoms with E-state index in [-0.39, 0.29) is 11.7 Å². The van der Waals surface area contributed by atoms with Crippen LogP contribution in [0.3, 0.4) is 0 Å². The summed E-state index contributed by atoms with van der Waals surface area (Å²) in [4.78, 5) is 19.2. The fourth-order valence-corrected chi connectivity index (χ4v) is 3.79. The number of carbonyl (C=O) groups excluding carboxylic acids is 1. The van der Waals surface area contributed by atoms with Crippen molar-refractivity contribution >= 4 is 5.91 Å². The number of ether oxygens (including phenoxy) is 2. The third-order valence-corrected chi connectivity index (χ3v) is 5.57. The molecule has 1 aliphatic heterocycles. The van der Waals surface area contributed by atoms with Crippen LogP contribution < -0.4 is 9.47 Å². The summed E-state index contributed by atoms with van der Waals surface area (Å²) >= 11 is 0. The molecule has 1 aromatic heterocycles. The van der Waals surface area contributed by atoms with Crippen LogP contribution in [0.5, 0.6) is 11.5 Å². The smallest absolute Gasteiger partial charge is 0.257 e. The summed E-state index contributed by atoms with van der Waals surface area (Å²) in [5, 5.41) is 4.00. The lowest BCUT2D eigenvalue weighted by Gasteiger charge is -2.31. The monoisotopic (exact) mass is 425 g/mol. The van der Waals surface area contributed by atoms with Gasteiger partial charge in [0.1, 0.15) is 17.3 Å². The maximum Gasteiger partial charge on any atom is 0.257 e. The molecule has 0 radical (unpaired) electrons. The highest BCUT2D eigenvalue weighted by Gasteiger charge is 2.27. The topological polar surface area (TPSA) is 77.7 Å². The predicted molar refractivity (Wildman–Crippen MR) is 112 cm³/mol. The Morgan fingerprint density at radius 2 is 1.87 bits per heavy atom. The van der Waals surface area contributed by atoms with E-state index in [4.69, 9.17) is 14.0 Å². The molecule has 0 aliphatic carbocycles. The second-order valence-electron chi connectivity index (χ2n) is 7.52. The Balaban J connectivity index is 1.35. The Morgan fingerprint density at radius 3 is 2.55 bits per heavy atom. The standard InChI is InChI=1S/C23H24FN3O4/c1-29-18-7-8-19(20(14-18)30-2)23(28)27-11-9-15(10-12-27)13-21-25-22(26-31-21)16-3-5-17(24)6-4-16/h3-8,14-15H,9-13H2,1-2H3. The normalized spacial score (nSPS) is 14.5. The van der Waals surface area contributed by atoms with Gasteiger partial charge in [0.2, 0.25) is 11.7 Å². The Bertz CT molecular complexity index is 1040. The van der Waals surface area contributed by atoms with Gasteiger partial charge in [-0.2, -0.15) is 4.98 Å². The van der Waals surface area contributed by atoms with Gasteiger partial charge in [0.15, 0.2) is 0 Å². The van der Waals surface area contributed by atoms with Gasteiger partial charge in [0.05, 0.1) is 19.8 Å². The molecule has 4 rings (SSSR count). The van der Waals surface area contributed by atoms with E-state index >= 15 is 0 Å². The first-order valence-corrected chi connectivity index (χ1v) is 10.2. The molecule has 0 unspecified atom stereocenters. The van der Waals surface area contributed by atoms with Crippen molar-refractivity contribution in [2.45, 2.75) is 19.3 Å². The number of halogens is 1. The van der Waals surface area contributed by atoms with Gasteiger partial charge in [-0.1, -0.05) is 5.16 Å². The maximum absolute atomic E-state index is 13.1. The molecule has 2 heterocycles. The summed E-state index contributed by atoms with van der Waals surface area (Å²) in [6.45, 7) is 1.30.